The fourth-order valence-corrected chi connectivity index (χ4v) is 3.96. The van der Waals surface area contributed by atoms with Gasteiger partial charge in [0, 0.05) is 6.61 Å². The molecule has 1 aliphatic heterocycles. The van der Waals surface area contributed by atoms with E-state index < -0.39 is 15.5 Å². The number of hydrogen-bond donors (Lipinski definition) is 1. The molecule has 8 heteroatoms. The lowest BCUT2D eigenvalue weighted by Crippen LogP contribution is -2.28. The molecular weight excluding hydrogens is 306 g/mol. The van der Waals surface area contributed by atoms with Crippen LogP contribution in [0, 0.1) is 5.41 Å². The lowest BCUT2D eigenvalue weighted by Gasteiger charge is -2.17. The van der Waals surface area contributed by atoms with Gasteiger partial charge >= 0.3 is 5.69 Å². The van der Waals surface area contributed by atoms with Crippen molar-refractivity contribution in [2.75, 3.05) is 12.4 Å². The van der Waals surface area contributed by atoms with Crippen molar-refractivity contribution in [2.45, 2.75) is 64.3 Å². The first-order valence-electron chi connectivity index (χ1n) is 7.69. The van der Waals surface area contributed by atoms with Crippen LogP contribution in [0.5, 0.6) is 0 Å². The van der Waals surface area contributed by atoms with Crippen molar-refractivity contribution in [3.63, 3.8) is 0 Å². The van der Waals surface area contributed by atoms with E-state index in [4.69, 9.17) is 4.74 Å². The third kappa shape index (κ3) is 4.42. The Kier molecular flexibility index (Phi) is 5.11. The highest BCUT2D eigenvalue weighted by atomic mass is 32.2. The fraction of sp³-hybridized carbons (Fsp3) is 0.857. The van der Waals surface area contributed by atoms with Crippen LogP contribution in [-0.2, 0) is 21.1 Å². The molecule has 22 heavy (non-hydrogen) atoms. The summed E-state index contributed by atoms with van der Waals surface area (Å²) in [5.74, 6) is 0.0000865. The normalized spacial score (nSPS) is 19.7. The Morgan fingerprint density at radius 2 is 2.14 bits per heavy atom. The van der Waals surface area contributed by atoms with Gasteiger partial charge in [0.1, 0.15) is 0 Å². The highest BCUT2D eigenvalue weighted by Crippen LogP contribution is 2.22. The second kappa shape index (κ2) is 6.54. The van der Waals surface area contributed by atoms with Crippen LogP contribution in [0.3, 0.4) is 0 Å². The maximum atomic E-state index is 12.4. The van der Waals surface area contributed by atoms with E-state index in [2.05, 4.69) is 31.0 Å². The summed E-state index contributed by atoms with van der Waals surface area (Å²) in [7, 11) is -3.57. The molecule has 126 valence electrons. The zero-order chi connectivity index (χ0) is 16.4. The molecule has 1 aromatic heterocycles. The van der Waals surface area contributed by atoms with Gasteiger partial charge in [0.2, 0.25) is 15.0 Å². The van der Waals surface area contributed by atoms with Crippen LogP contribution in [0.15, 0.2) is 9.95 Å². The first-order valence-corrected chi connectivity index (χ1v) is 9.34. The Morgan fingerprint density at radius 3 is 2.73 bits per heavy atom. The topological polar surface area (TPSA) is 94.0 Å². The van der Waals surface area contributed by atoms with E-state index in [9.17, 15) is 13.2 Å². The lowest BCUT2D eigenvalue weighted by molar-refractivity contribution is 0.0940. The van der Waals surface area contributed by atoms with E-state index in [0.717, 1.165) is 19.3 Å². The van der Waals surface area contributed by atoms with Crippen LogP contribution in [-0.4, -0.2) is 41.6 Å². The van der Waals surface area contributed by atoms with E-state index >= 15 is 0 Å². The molecular formula is C14H25N3O4S. The summed E-state index contributed by atoms with van der Waals surface area (Å²) >= 11 is 0. The van der Waals surface area contributed by atoms with Gasteiger partial charge in [0.25, 0.3) is 0 Å². The third-order valence-electron chi connectivity index (χ3n) is 3.75. The summed E-state index contributed by atoms with van der Waals surface area (Å²) in [6.45, 7) is 7.11. The fourth-order valence-electron chi connectivity index (χ4n) is 2.58. The second-order valence-corrected chi connectivity index (χ2v) is 9.04. The Hall–Kier alpha value is -1.15. The minimum atomic E-state index is -3.57. The largest absolute Gasteiger partial charge is 0.376 e. The summed E-state index contributed by atoms with van der Waals surface area (Å²) in [6, 6.07) is 0. The van der Waals surface area contributed by atoms with Gasteiger partial charge in [0.15, 0.2) is 0 Å². The molecule has 7 nitrogen and oxygen atoms in total. The van der Waals surface area contributed by atoms with Gasteiger partial charge in [0.05, 0.1) is 18.4 Å². The van der Waals surface area contributed by atoms with Gasteiger partial charge in [-0.05, 0) is 31.1 Å². The van der Waals surface area contributed by atoms with Crippen LogP contribution in [0.4, 0.5) is 0 Å². The van der Waals surface area contributed by atoms with E-state index in [1.54, 1.807) is 0 Å². The van der Waals surface area contributed by atoms with Crippen molar-refractivity contribution < 1.29 is 13.2 Å². The quantitative estimate of drug-likeness (QED) is 0.849. The molecule has 1 fully saturated rings. The molecule has 1 saturated heterocycles. The smallest absolute Gasteiger partial charge is 0.344 e. The van der Waals surface area contributed by atoms with Crippen LogP contribution in [0.2, 0.25) is 0 Å². The predicted octanol–water partition coefficient (Wildman–Crippen LogP) is 1.35. The SMILES string of the molecule is CC(C)(C)CCCS(=O)(=O)c1n[nH]c(=O)n1C[C@H]1CCCO1. The Morgan fingerprint density at radius 1 is 1.41 bits per heavy atom. The zero-order valence-corrected chi connectivity index (χ0v) is 14.3. The van der Waals surface area contributed by atoms with Crippen LogP contribution in [0.25, 0.3) is 0 Å². The molecule has 1 atom stereocenters. The molecule has 0 aromatic carbocycles. The number of aromatic amines is 1. The van der Waals surface area contributed by atoms with E-state index in [1.165, 1.54) is 4.57 Å². The van der Waals surface area contributed by atoms with Crippen molar-refractivity contribution in [3.8, 4) is 0 Å². The average Bonchev–Trinajstić information content (AvgIpc) is 2.99. The first kappa shape index (κ1) is 17.2. The minimum absolute atomic E-state index is 0.0000865. The van der Waals surface area contributed by atoms with Crippen molar-refractivity contribution in [1.82, 2.24) is 14.8 Å². The Bertz CT molecular complexity index is 648. The van der Waals surface area contributed by atoms with E-state index in [0.29, 0.717) is 13.0 Å². The standard InChI is InChI=1S/C14H25N3O4S/c1-14(2,3)7-5-9-22(19,20)13-16-15-12(18)17(13)10-11-6-4-8-21-11/h11H,4-10H2,1-3H3,(H,15,18)/t11-/m1/s1. The maximum Gasteiger partial charge on any atom is 0.344 e. The van der Waals surface area contributed by atoms with Crippen molar-refractivity contribution in [1.29, 1.82) is 0 Å². The number of rotatable bonds is 6. The number of sulfone groups is 1. The lowest BCUT2D eigenvalue weighted by atomic mass is 9.91. The van der Waals surface area contributed by atoms with Gasteiger partial charge in [-0.1, -0.05) is 20.8 Å². The van der Waals surface area contributed by atoms with E-state index in [-0.39, 0.29) is 29.0 Å². The molecule has 1 N–H and O–H groups in total. The number of H-pyrrole nitrogens is 1. The van der Waals surface area contributed by atoms with E-state index in [1.807, 2.05) is 0 Å². The Balaban J connectivity index is 2.11. The van der Waals surface area contributed by atoms with Crippen molar-refractivity contribution in [2.24, 2.45) is 5.41 Å². The molecule has 1 aliphatic rings. The van der Waals surface area contributed by atoms with Gasteiger partial charge in [-0.15, -0.1) is 5.10 Å². The molecule has 1 aromatic rings. The Labute approximate surface area is 131 Å². The summed E-state index contributed by atoms with van der Waals surface area (Å²) in [5, 5.41) is 5.81. The summed E-state index contributed by atoms with van der Waals surface area (Å²) < 4.78 is 31.6. The summed E-state index contributed by atoms with van der Waals surface area (Å²) in [5.41, 5.74) is -0.414. The number of ether oxygens (including phenoxy) is 1. The molecule has 0 saturated carbocycles. The molecule has 2 rings (SSSR count). The van der Waals surface area contributed by atoms with Crippen molar-refractivity contribution >= 4 is 9.84 Å². The first-order chi connectivity index (χ1) is 10.2. The van der Waals surface area contributed by atoms with Crippen LogP contribution >= 0.6 is 0 Å². The van der Waals surface area contributed by atoms with Crippen LogP contribution in [0.1, 0.15) is 46.5 Å². The van der Waals surface area contributed by atoms with Gasteiger partial charge in [-0.3, -0.25) is 4.57 Å². The average molecular weight is 331 g/mol. The summed E-state index contributed by atoms with van der Waals surface area (Å²) in [6.07, 6.45) is 3.00. The second-order valence-electron chi connectivity index (χ2n) is 7.04. The van der Waals surface area contributed by atoms with Crippen LogP contribution < -0.4 is 5.69 Å². The zero-order valence-electron chi connectivity index (χ0n) is 13.5. The molecule has 0 bridgehead atoms. The number of hydrogen-bond acceptors (Lipinski definition) is 5. The number of nitrogens with zero attached hydrogens (tertiary/aromatic N) is 2. The van der Waals surface area contributed by atoms with Gasteiger partial charge in [-0.25, -0.2) is 18.3 Å². The molecule has 0 radical (unpaired) electrons. The highest BCUT2D eigenvalue weighted by molar-refractivity contribution is 7.91. The molecule has 0 aliphatic carbocycles. The molecule has 0 amide bonds. The van der Waals surface area contributed by atoms with Gasteiger partial charge < -0.3 is 4.74 Å². The summed E-state index contributed by atoms with van der Waals surface area (Å²) in [4.78, 5) is 11.8. The maximum absolute atomic E-state index is 12.4. The van der Waals surface area contributed by atoms with Crippen molar-refractivity contribution in [3.05, 3.63) is 10.5 Å². The number of nitrogens with one attached hydrogen (secondary N) is 1. The minimum Gasteiger partial charge on any atom is -0.376 e. The number of aromatic nitrogens is 3. The highest BCUT2D eigenvalue weighted by Gasteiger charge is 2.26. The van der Waals surface area contributed by atoms with Gasteiger partial charge in [-0.2, -0.15) is 0 Å². The molecule has 2 heterocycles. The predicted molar refractivity (Wildman–Crippen MR) is 82.6 cm³/mol. The molecule has 0 unspecified atom stereocenters. The molecule has 0 spiro atoms. The third-order valence-corrected chi connectivity index (χ3v) is 5.45. The monoisotopic (exact) mass is 331 g/mol.